The van der Waals surface area contributed by atoms with Crippen LogP contribution in [0.1, 0.15) is 22.8 Å². The molecule has 2 aromatic rings. The summed E-state index contributed by atoms with van der Waals surface area (Å²) in [5, 5.41) is -0.0861. The van der Waals surface area contributed by atoms with Crippen molar-refractivity contribution in [3.63, 3.8) is 0 Å². The second-order valence-corrected chi connectivity index (χ2v) is 6.78. The average molecular weight is 335 g/mol. The van der Waals surface area contributed by atoms with Crippen LogP contribution in [-0.2, 0) is 0 Å². The van der Waals surface area contributed by atoms with Crippen molar-refractivity contribution >= 4 is 33.5 Å². The van der Waals surface area contributed by atoms with Crippen molar-refractivity contribution in [1.82, 2.24) is 0 Å². The zero-order chi connectivity index (χ0) is 13.8. The van der Waals surface area contributed by atoms with E-state index >= 15 is 0 Å². The van der Waals surface area contributed by atoms with Crippen molar-refractivity contribution in [2.45, 2.75) is 24.0 Å². The molecule has 0 radical (unpaired) electrons. The average Bonchev–Trinajstić information content (AvgIpc) is 2.39. The van der Waals surface area contributed by atoms with Crippen LogP contribution in [0.15, 0.2) is 57.9 Å². The van der Waals surface area contributed by atoms with Gasteiger partial charge in [-0.05, 0) is 32.0 Å². The third-order valence-corrected chi connectivity index (χ3v) is 4.40. The lowest BCUT2D eigenvalue weighted by Gasteiger charge is -2.10. The maximum absolute atomic E-state index is 12.3. The third kappa shape index (κ3) is 3.95. The molecule has 2 aromatic carbocycles. The molecule has 0 heterocycles. The highest BCUT2D eigenvalue weighted by molar-refractivity contribution is 9.10. The van der Waals surface area contributed by atoms with Crippen LogP contribution in [0.4, 0.5) is 0 Å². The maximum atomic E-state index is 12.3. The Balaban J connectivity index is 2.09. The van der Waals surface area contributed by atoms with Crippen LogP contribution in [0.2, 0.25) is 0 Å². The van der Waals surface area contributed by atoms with Gasteiger partial charge >= 0.3 is 0 Å². The molecule has 3 heteroatoms. The number of benzene rings is 2. The second-order valence-electron chi connectivity index (χ2n) is 4.45. The summed E-state index contributed by atoms with van der Waals surface area (Å²) in [4.78, 5) is 13.4. The Labute approximate surface area is 126 Å². The first-order chi connectivity index (χ1) is 9.06. The lowest BCUT2D eigenvalue weighted by molar-refractivity contribution is 0.0994. The first-order valence-electron chi connectivity index (χ1n) is 6.09. The van der Waals surface area contributed by atoms with Crippen LogP contribution in [-0.4, -0.2) is 11.0 Å². The van der Waals surface area contributed by atoms with Gasteiger partial charge in [0, 0.05) is 14.9 Å². The smallest absolute Gasteiger partial charge is 0.175 e. The molecule has 1 atom stereocenters. The number of hydrogen-bond acceptors (Lipinski definition) is 2. The molecule has 0 aliphatic carbocycles. The van der Waals surface area contributed by atoms with Gasteiger partial charge in [0.1, 0.15) is 0 Å². The van der Waals surface area contributed by atoms with E-state index in [0.717, 1.165) is 14.9 Å². The molecule has 2 rings (SSSR count). The fourth-order valence-electron chi connectivity index (χ4n) is 1.75. The number of carbonyl (C=O) groups is 1. The topological polar surface area (TPSA) is 17.1 Å². The van der Waals surface area contributed by atoms with Crippen molar-refractivity contribution in [1.29, 1.82) is 0 Å². The van der Waals surface area contributed by atoms with Crippen molar-refractivity contribution in [2.24, 2.45) is 0 Å². The number of hydrogen-bond donors (Lipinski definition) is 0. The van der Waals surface area contributed by atoms with Crippen molar-refractivity contribution in [2.75, 3.05) is 0 Å². The monoisotopic (exact) mass is 334 g/mol. The molecule has 0 spiro atoms. The molecule has 0 N–H and O–H groups in total. The highest BCUT2D eigenvalue weighted by Gasteiger charge is 2.16. The zero-order valence-corrected chi connectivity index (χ0v) is 13.3. The lowest BCUT2D eigenvalue weighted by atomic mass is 10.1. The van der Waals surface area contributed by atoms with Gasteiger partial charge in [-0.3, -0.25) is 4.79 Å². The minimum absolute atomic E-state index is 0.0861. The fraction of sp³-hybridized carbons (Fsp3) is 0.188. The predicted molar refractivity (Wildman–Crippen MR) is 85.0 cm³/mol. The molecular formula is C16H15BrOS. The zero-order valence-electron chi connectivity index (χ0n) is 10.9. The van der Waals surface area contributed by atoms with Gasteiger partial charge in [-0.15, -0.1) is 11.8 Å². The Kier molecular flexibility index (Phi) is 4.83. The van der Waals surface area contributed by atoms with Gasteiger partial charge in [-0.1, -0.05) is 51.8 Å². The van der Waals surface area contributed by atoms with E-state index in [1.807, 2.05) is 62.4 Å². The molecule has 19 heavy (non-hydrogen) atoms. The fourth-order valence-corrected chi connectivity index (χ4v) is 3.30. The molecule has 1 nitrogen and oxygen atoms in total. The summed E-state index contributed by atoms with van der Waals surface area (Å²) in [7, 11) is 0. The van der Waals surface area contributed by atoms with Crippen LogP contribution < -0.4 is 0 Å². The largest absolute Gasteiger partial charge is 0.293 e. The number of Topliss-reactive ketones (excluding diaryl/α,β-unsaturated/α-hetero) is 1. The molecule has 0 saturated heterocycles. The molecular weight excluding hydrogens is 320 g/mol. The summed E-state index contributed by atoms with van der Waals surface area (Å²) in [5.74, 6) is 0.171. The number of ketones is 1. The minimum atomic E-state index is -0.0861. The molecule has 0 amide bonds. The van der Waals surface area contributed by atoms with Gasteiger partial charge < -0.3 is 0 Å². The molecule has 0 aromatic heterocycles. The Morgan fingerprint density at radius 2 is 1.84 bits per heavy atom. The second kappa shape index (κ2) is 6.40. The first kappa shape index (κ1) is 14.4. The van der Waals surface area contributed by atoms with Crippen LogP contribution in [0.25, 0.3) is 0 Å². The highest BCUT2D eigenvalue weighted by atomic mass is 79.9. The normalized spacial score (nSPS) is 12.2. The Morgan fingerprint density at radius 3 is 2.47 bits per heavy atom. The van der Waals surface area contributed by atoms with E-state index in [1.54, 1.807) is 11.8 Å². The molecule has 0 aliphatic rings. The highest BCUT2D eigenvalue weighted by Crippen LogP contribution is 2.27. The molecule has 98 valence electrons. The predicted octanol–water partition coefficient (Wildman–Crippen LogP) is 5.12. The molecule has 1 unspecified atom stereocenters. The Morgan fingerprint density at radius 1 is 1.16 bits per heavy atom. The number of rotatable bonds is 4. The van der Waals surface area contributed by atoms with Gasteiger partial charge in [0.25, 0.3) is 0 Å². The van der Waals surface area contributed by atoms with Gasteiger partial charge in [-0.25, -0.2) is 0 Å². The van der Waals surface area contributed by atoms with E-state index in [0.29, 0.717) is 0 Å². The summed E-state index contributed by atoms with van der Waals surface area (Å²) >= 11 is 5.03. The third-order valence-electron chi connectivity index (χ3n) is 2.81. The van der Waals surface area contributed by atoms with Gasteiger partial charge in [0.05, 0.1) is 5.25 Å². The van der Waals surface area contributed by atoms with E-state index < -0.39 is 0 Å². The molecule has 0 fully saturated rings. The maximum Gasteiger partial charge on any atom is 0.175 e. The standard InChI is InChI=1S/C16H15BrOS/c1-11-6-8-13(9-7-11)16(18)12(2)19-15-5-3-4-14(17)10-15/h3-10,12H,1-2H3. The molecule has 0 aliphatic heterocycles. The summed E-state index contributed by atoms with van der Waals surface area (Å²) in [5.41, 5.74) is 1.95. The summed E-state index contributed by atoms with van der Waals surface area (Å²) < 4.78 is 1.03. The quantitative estimate of drug-likeness (QED) is 0.570. The van der Waals surface area contributed by atoms with Crippen LogP contribution in [0.5, 0.6) is 0 Å². The lowest BCUT2D eigenvalue weighted by Crippen LogP contribution is -2.13. The van der Waals surface area contributed by atoms with Crippen LogP contribution in [0, 0.1) is 6.92 Å². The van der Waals surface area contributed by atoms with Crippen LogP contribution in [0.3, 0.4) is 0 Å². The van der Waals surface area contributed by atoms with Crippen LogP contribution >= 0.6 is 27.7 Å². The van der Waals surface area contributed by atoms with Gasteiger partial charge in [0.2, 0.25) is 0 Å². The number of halogens is 1. The summed E-state index contributed by atoms with van der Waals surface area (Å²) in [6.07, 6.45) is 0. The SMILES string of the molecule is Cc1ccc(C(=O)C(C)Sc2cccc(Br)c2)cc1. The van der Waals surface area contributed by atoms with E-state index in [4.69, 9.17) is 0 Å². The van der Waals surface area contributed by atoms with Gasteiger partial charge in [0.15, 0.2) is 5.78 Å². The Hall–Kier alpha value is -1.06. The van der Waals surface area contributed by atoms with E-state index in [-0.39, 0.29) is 11.0 Å². The van der Waals surface area contributed by atoms with Crippen molar-refractivity contribution < 1.29 is 4.79 Å². The number of carbonyl (C=O) groups excluding carboxylic acids is 1. The van der Waals surface area contributed by atoms with E-state index in [9.17, 15) is 4.79 Å². The van der Waals surface area contributed by atoms with Crippen molar-refractivity contribution in [3.05, 3.63) is 64.1 Å². The molecule has 0 bridgehead atoms. The van der Waals surface area contributed by atoms with Crippen molar-refractivity contribution in [3.8, 4) is 0 Å². The van der Waals surface area contributed by atoms with E-state index in [2.05, 4.69) is 15.9 Å². The van der Waals surface area contributed by atoms with Gasteiger partial charge in [-0.2, -0.15) is 0 Å². The number of thioether (sulfide) groups is 1. The van der Waals surface area contributed by atoms with E-state index in [1.165, 1.54) is 5.56 Å². The minimum Gasteiger partial charge on any atom is -0.293 e. The summed E-state index contributed by atoms with van der Waals surface area (Å²) in [6.45, 7) is 3.97. The first-order valence-corrected chi connectivity index (χ1v) is 7.76. The summed E-state index contributed by atoms with van der Waals surface area (Å²) in [6, 6.07) is 15.8. The Bertz CT molecular complexity index is 578. The number of aryl methyl sites for hydroxylation is 1. The molecule has 0 saturated carbocycles.